The molecule has 1 heterocycles. The van der Waals surface area contributed by atoms with Gasteiger partial charge < -0.3 is 16.0 Å². The average molecular weight is 368 g/mol. The van der Waals surface area contributed by atoms with E-state index in [2.05, 4.69) is 12.2 Å². The number of amides is 2. The van der Waals surface area contributed by atoms with Crippen LogP contribution in [0.5, 0.6) is 0 Å². The second kappa shape index (κ2) is 9.78. The molecule has 0 spiro atoms. The second-order valence-electron chi connectivity index (χ2n) is 7.28. The number of halogens is 1. The van der Waals surface area contributed by atoms with Gasteiger partial charge in [0.1, 0.15) is 0 Å². The molecule has 0 aromatic heterocycles. The van der Waals surface area contributed by atoms with Crippen molar-refractivity contribution < 1.29 is 9.59 Å². The monoisotopic (exact) mass is 367 g/mol. The van der Waals surface area contributed by atoms with Gasteiger partial charge in [0, 0.05) is 24.3 Å². The Morgan fingerprint density at radius 2 is 1.76 bits per heavy atom. The summed E-state index contributed by atoms with van der Waals surface area (Å²) in [6, 6.07) is 6.55. The van der Waals surface area contributed by atoms with Crippen molar-refractivity contribution >= 4 is 29.9 Å². The number of nitrogens with zero attached hydrogens (tertiary/aromatic N) is 1. The molecule has 0 aliphatic carbocycles. The highest BCUT2D eigenvalue weighted by Gasteiger charge is 2.21. The van der Waals surface area contributed by atoms with Crippen molar-refractivity contribution in [2.75, 3.05) is 18.4 Å². The molecular weight excluding hydrogens is 338 g/mol. The first-order chi connectivity index (χ1) is 11.4. The van der Waals surface area contributed by atoms with Crippen LogP contribution in [-0.4, -0.2) is 35.8 Å². The molecule has 2 rings (SSSR count). The van der Waals surface area contributed by atoms with Crippen molar-refractivity contribution in [3.05, 3.63) is 29.8 Å². The van der Waals surface area contributed by atoms with E-state index in [-0.39, 0.29) is 24.2 Å². The minimum Gasteiger partial charge on any atom is -0.339 e. The number of likely N-dealkylation sites (tertiary alicyclic amines) is 1. The Kier molecular flexibility index (Phi) is 8.39. The maximum absolute atomic E-state index is 12.5. The summed E-state index contributed by atoms with van der Waals surface area (Å²) in [5, 5.41) is 2.81. The van der Waals surface area contributed by atoms with Gasteiger partial charge in [-0.3, -0.25) is 9.59 Å². The molecule has 1 fully saturated rings. The lowest BCUT2D eigenvalue weighted by Gasteiger charge is -2.30. The van der Waals surface area contributed by atoms with Gasteiger partial charge >= 0.3 is 0 Å². The normalized spacial score (nSPS) is 16.3. The number of nitrogens with two attached hydrogens (primary N) is 1. The number of rotatable bonds is 5. The molecule has 25 heavy (non-hydrogen) atoms. The molecule has 3 N–H and O–H groups in total. The van der Waals surface area contributed by atoms with Crippen molar-refractivity contribution in [3.8, 4) is 0 Å². The number of nitrogens with one attached hydrogen (secondary N) is 1. The zero-order valence-corrected chi connectivity index (χ0v) is 16.1. The predicted octanol–water partition coefficient (Wildman–Crippen LogP) is 3.29. The topological polar surface area (TPSA) is 75.4 Å². The number of hydrogen-bond donors (Lipinski definition) is 2. The van der Waals surface area contributed by atoms with E-state index in [0.717, 1.165) is 25.9 Å². The second-order valence-corrected chi connectivity index (χ2v) is 7.28. The van der Waals surface area contributed by atoms with E-state index in [1.54, 1.807) is 24.3 Å². The summed E-state index contributed by atoms with van der Waals surface area (Å²) < 4.78 is 0. The molecular formula is C19H30ClN3O2. The Balaban J connectivity index is 0.00000312. The third-order valence-corrected chi connectivity index (χ3v) is 4.53. The van der Waals surface area contributed by atoms with Gasteiger partial charge in [0.25, 0.3) is 5.91 Å². The maximum atomic E-state index is 12.5. The minimum atomic E-state index is -0.512. The first-order valence-electron chi connectivity index (χ1n) is 8.82. The highest BCUT2D eigenvalue weighted by Crippen LogP contribution is 2.19. The van der Waals surface area contributed by atoms with E-state index >= 15 is 0 Å². The maximum Gasteiger partial charge on any atom is 0.253 e. The molecule has 5 nitrogen and oxygen atoms in total. The van der Waals surface area contributed by atoms with Crippen molar-refractivity contribution in [2.45, 2.75) is 46.1 Å². The van der Waals surface area contributed by atoms with Gasteiger partial charge in [-0.1, -0.05) is 20.8 Å². The van der Waals surface area contributed by atoms with Crippen LogP contribution < -0.4 is 11.1 Å². The summed E-state index contributed by atoms with van der Waals surface area (Å²) in [4.78, 5) is 26.4. The quantitative estimate of drug-likeness (QED) is 0.838. The van der Waals surface area contributed by atoms with Crippen LogP contribution in [0.1, 0.15) is 50.4 Å². The molecule has 1 aromatic rings. The third kappa shape index (κ3) is 6.33. The molecule has 0 unspecified atom stereocenters. The fourth-order valence-corrected chi connectivity index (χ4v) is 2.94. The number of benzene rings is 1. The van der Waals surface area contributed by atoms with Gasteiger partial charge in [0.2, 0.25) is 5.91 Å². The van der Waals surface area contributed by atoms with Crippen LogP contribution >= 0.6 is 12.4 Å². The van der Waals surface area contributed by atoms with Crippen LogP contribution in [0.15, 0.2) is 24.3 Å². The first kappa shape index (κ1) is 21.5. The Bertz CT molecular complexity index is 567. The summed E-state index contributed by atoms with van der Waals surface area (Å²) >= 11 is 0. The third-order valence-electron chi connectivity index (χ3n) is 4.53. The summed E-state index contributed by atoms with van der Waals surface area (Å²) in [5.41, 5.74) is 7.21. The van der Waals surface area contributed by atoms with Gasteiger partial charge in [-0.15, -0.1) is 12.4 Å². The van der Waals surface area contributed by atoms with Crippen LogP contribution in [0.25, 0.3) is 0 Å². The molecule has 1 aliphatic heterocycles. The van der Waals surface area contributed by atoms with Crippen molar-refractivity contribution in [1.82, 2.24) is 4.90 Å². The molecule has 1 atom stereocenters. The molecule has 6 heteroatoms. The van der Waals surface area contributed by atoms with Gasteiger partial charge in [0.05, 0.1) is 6.04 Å². The molecule has 1 saturated heterocycles. The fraction of sp³-hybridized carbons (Fsp3) is 0.579. The average Bonchev–Trinajstić information content (AvgIpc) is 2.55. The number of piperidine rings is 1. The van der Waals surface area contributed by atoms with Crippen LogP contribution in [0, 0.1) is 11.8 Å². The highest BCUT2D eigenvalue weighted by molar-refractivity contribution is 5.97. The molecule has 2 amide bonds. The smallest absolute Gasteiger partial charge is 0.253 e. The van der Waals surface area contributed by atoms with E-state index in [4.69, 9.17) is 5.73 Å². The SMILES string of the molecule is CC(C)C[C@H](N)C(=O)Nc1ccc(C(=O)N2CCC(C)CC2)cc1.Cl. The number of carbonyl (C=O) groups excluding carboxylic acids is 2. The zero-order chi connectivity index (χ0) is 17.7. The lowest BCUT2D eigenvalue weighted by Crippen LogP contribution is -2.38. The lowest BCUT2D eigenvalue weighted by atomic mass is 9.98. The van der Waals surface area contributed by atoms with Crippen LogP contribution in [0.3, 0.4) is 0 Å². The van der Waals surface area contributed by atoms with Crippen molar-refractivity contribution in [1.29, 1.82) is 0 Å². The van der Waals surface area contributed by atoms with Crippen LogP contribution in [0.4, 0.5) is 5.69 Å². The van der Waals surface area contributed by atoms with E-state index in [9.17, 15) is 9.59 Å². The molecule has 0 saturated carbocycles. The molecule has 0 bridgehead atoms. The Morgan fingerprint density at radius 1 is 1.20 bits per heavy atom. The number of anilines is 1. The predicted molar refractivity (Wildman–Crippen MR) is 104 cm³/mol. The van der Waals surface area contributed by atoms with Crippen LogP contribution in [-0.2, 0) is 4.79 Å². The summed E-state index contributed by atoms with van der Waals surface area (Å²) in [5.74, 6) is 0.948. The van der Waals surface area contributed by atoms with Crippen LogP contribution in [0.2, 0.25) is 0 Å². The molecule has 140 valence electrons. The first-order valence-corrected chi connectivity index (χ1v) is 8.82. The molecule has 1 aliphatic rings. The summed E-state index contributed by atoms with van der Waals surface area (Å²) in [6.45, 7) is 7.94. The largest absolute Gasteiger partial charge is 0.339 e. The van der Waals surface area contributed by atoms with Gasteiger partial charge in [0.15, 0.2) is 0 Å². The van der Waals surface area contributed by atoms with E-state index < -0.39 is 6.04 Å². The summed E-state index contributed by atoms with van der Waals surface area (Å²) in [7, 11) is 0. The Labute approximate surface area is 156 Å². The highest BCUT2D eigenvalue weighted by atomic mass is 35.5. The van der Waals surface area contributed by atoms with Gasteiger partial charge in [-0.2, -0.15) is 0 Å². The van der Waals surface area contributed by atoms with E-state index in [0.29, 0.717) is 29.5 Å². The molecule has 1 aromatic carbocycles. The van der Waals surface area contributed by atoms with E-state index in [1.165, 1.54) is 0 Å². The standard InChI is InChI=1S/C19H29N3O2.ClH/c1-13(2)12-17(20)18(23)21-16-6-4-15(5-7-16)19(24)22-10-8-14(3)9-11-22;/h4-7,13-14,17H,8-12,20H2,1-3H3,(H,21,23);1H/t17-;/m0./s1. The minimum absolute atomic E-state index is 0. The zero-order valence-electron chi connectivity index (χ0n) is 15.3. The number of hydrogen-bond acceptors (Lipinski definition) is 3. The molecule has 0 radical (unpaired) electrons. The lowest BCUT2D eigenvalue weighted by molar-refractivity contribution is -0.117. The Morgan fingerprint density at radius 3 is 2.28 bits per heavy atom. The van der Waals surface area contributed by atoms with Crippen molar-refractivity contribution in [3.63, 3.8) is 0 Å². The van der Waals surface area contributed by atoms with Gasteiger partial charge in [-0.05, 0) is 55.4 Å². The van der Waals surface area contributed by atoms with Gasteiger partial charge in [-0.25, -0.2) is 0 Å². The van der Waals surface area contributed by atoms with E-state index in [1.807, 2.05) is 18.7 Å². The number of carbonyl (C=O) groups is 2. The Hall–Kier alpha value is -1.59. The summed E-state index contributed by atoms with van der Waals surface area (Å²) in [6.07, 6.45) is 2.77. The fourth-order valence-electron chi connectivity index (χ4n) is 2.94. The van der Waals surface area contributed by atoms with Crippen molar-refractivity contribution in [2.24, 2.45) is 17.6 Å².